The normalized spacial score (nSPS) is 13.8. The molecule has 0 saturated heterocycles. The van der Waals surface area contributed by atoms with E-state index in [1.165, 1.54) is 7.11 Å². The number of methoxy groups -OCH3 is 1. The summed E-state index contributed by atoms with van der Waals surface area (Å²) in [5.41, 5.74) is 0.527. The van der Waals surface area contributed by atoms with Gasteiger partial charge in [0.15, 0.2) is 0 Å². The van der Waals surface area contributed by atoms with Gasteiger partial charge in [0.05, 0.1) is 19.3 Å². The minimum atomic E-state index is -4.31. The van der Waals surface area contributed by atoms with Gasteiger partial charge in [0.2, 0.25) is 0 Å². The quantitative estimate of drug-likeness (QED) is 0.840. The smallest absolute Gasteiger partial charge is 0.387 e. The molecule has 1 atom stereocenters. The van der Waals surface area contributed by atoms with Crippen molar-refractivity contribution in [2.45, 2.75) is 12.3 Å². The number of halogens is 4. The second kappa shape index (κ2) is 7.83. The average molecular weight is 312 g/mol. The molecule has 0 fully saturated rings. The first-order valence-corrected chi connectivity index (χ1v) is 6.41. The number of benzene rings is 1. The molecule has 0 aliphatic heterocycles. The maximum atomic E-state index is 12.5. The minimum Gasteiger partial charge on any atom is -0.387 e. The second-order valence-corrected chi connectivity index (χ2v) is 4.85. The lowest BCUT2D eigenvalue weighted by Gasteiger charge is -2.25. The number of hydrogen-bond acceptors (Lipinski definition) is 3. The van der Waals surface area contributed by atoms with E-state index in [9.17, 15) is 18.3 Å². The Morgan fingerprint density at radius 2 is 1.90 bits per heavy atom. The van der Waals surface area contributed by atoms with Crippen LogP contribution < -0.4 is 0 Å². The van der Waals surface area contributed by atoms with Crippen LogP contribution in [0.15, 0.2) is 24.3 Å². The van der Waals surface area contributed by atoms with Gasteiger partial charge >= 0.3 is 6.18 Å². The van der Waals surface area contributed by atoms with Gasteiger partial charge in [-0.3, -0.25) is 4.90 Å². The zero-order chi connectivity index (χ0) is 15.2. The molecule has 7 heteroatoms. The van der Waals surface area contributed by atoms with Gasteiger partial charge in [-0.25, -0.2) is 0 Å². The molecule has 1 unspecified atom stereocenters. The molecule has 20 heavy (non-hydrogen) atoms. The van der Waals surface area contributed by atoms with Crippen LogP contribution in [-0.2, 0) is 4.74 Å². The molecular weight excluding hydrogens is 295 g/mol. The van der Waals surface area contributed by atoms with Gasteiger partial charge in [-0.15, -0.1) is 0 Å². The van der Waals surface area contributed by atoms with Crippen molar-refractivity contribution >= 4 is 11.6 Å². The highest BCUT2D eigenvalue weighted by Crippen LogP contribution is 2.21. The molecule has 1 rings (SSSR count). The highest BCUT2D eigenvalue weighted by molar-refractivity contribution is 6.30. The van der Waals surface area contributed by atoms with E-state index in [0.717, 1.165) is 4.90 Å². The first-order chi connectivity index (χ1) is 9.31. The van der Waals surface area contributed by atoms with Crippen LogP contribution in [0.4, 0.5) is 13.2 Å². The van der Waals surface area contributed by atoms with Crippen LogP contribution in [0.5, 0.6) is 0 Å². The topological polar surface area (TPSA) is 32.7 Å². The van der Waals surface area contributed by atoms with Crippen LogP contribution in [0.2, 0.25) is 5.02 Å². The van der Waals surface area contributed by atoms with Gasteiger partial charge < -0.3 is 9.84 Å². The van der Waals surface area contributed by atoms with E-state index in [0.29, 0.717) is 10.6 Å². The number of aliphatic hydroxyl groups is 1. The van der Waals surface area contributed by atoms with Crippen LogP contribution in [0, 0.1) is 0 Å². The van der Waals surface area contributed by atoms with Crippen molar-refractivity contribution in [3.63, 3.8) is 0 Å². The Kier molecular flexibility index (Phi) is 6.75. The van der Waals surface area contributed by atoms with Crippen molar-refractivity contribution in [2.75, 3.05) is 33.4 Å². The molecule has 3 nitrogen and oxygen atoms in total. The summed E-state index contributed by atoms with van der Waals surface area (Å²) in [5, 5.41) is 10.5. The lowest BCUT2D eigenvalue weighted by molar-refractivity contribution is -0.149. The van der Waals surface area contributed by atoms with E-state index in [4.69, 9.17) is 16.3 Å². The summed E-state index contributed by atoms with van der Waals surface area (Å²) in [6, 6.07) is 6.36. The molecule has 0 aliphatic carbocycles. The van der Waals surface area contributed by atoms with Crippen LogP contribution in [0.1, 0.15) is 11.7 Å². The Hall–Kier alpha value is -0.820. The fourth-order valence-electron chi connectivity index (χ4n) is 1.74. The van der Waals surface area contributed by atoms with Crippen molar-refractivity contribution < 1.29 is 23.0 Å². The first kappa shape index (κ1) is 17.2. The Morgan fingerprint density at radius 1 is 1.30 bits per heavy atom. The summed E-state index contributed by atoms with van der Waals surface area (Å²) in [6.45, 7) is -0.935. The van der Waals surface area contributed by atoms with E-state index in [1.54, 1.807) is 24.3 Å². The molecule has 114 valence electrons. The minimum absolute atomic E-state index is 0.0979. The zero-order valence-corrected chi connectivity index (χ0v) is 11.8. The number of alkyl halides is 3. The summed E-state index contributed by atoms with van der Waals surface area (Å²) >= 11 is 5.72. The SMILES string of the molecule is COCCN(CC(O)c1ccc(Cl)cc1)CC(F)(F)F. The molecule has 1 N–H and O–H groups in total. The van der Waals surface area contributed by atoms with Crippen molar-refractivity contribution in [1.82, 2.24) is 4.90 Å². The molecule has 0 bridgehead atoms. The van der Waals surface area contributed by atoms with E-state index < -0.39 is 18.8 Å². The molecule has 1 aromatic rings. The summed E-state index contributed by atoms with van der Waals surface area (Å²) in [6.07, 6.45) is -5.32. The van der Waals surface area contributed by atoms with Crippen molar-refractivity contribution in [2.24, 2.45) is 0 Å². The largest absolute Gasteiger partial charge is 0.401 e. The molecule has 0 spiro atoms. The maximum absolute atomic E-state index is 12.5. The predicted octanol–water partition coefficient (Wildman–Crippen LogP) is 2.88. The summed E-state index contributed by atoms with van der Waals surface area (Å²) in [7, 11) is 1.42. The molecular formula is C13H17ClF3NO2. The third kappa shape index (κ3) is 6.56. The number of ether oxygens (including phenoxy) is 1. The highest BCUT2D eigenvalue weighted by Gasteiger charge is 2.31. The van der Waals surface area contributed by atoms with Gasteiger partial charge in [-0.1, -0.05) is 23.7 Å². The fraction of sp³-hybridized carbons (Fsp3) is 0.538. The zero-order valence-electron chi connectivity index (χ0n) is 11.0. The Bertz CT molecular complexity index is 398. The second-order valence-electron chi connectivity index (χ2n) is 4.41. The predicted molar refractivity (Wildman–Crippen MR) is 70.8 cm³/mol. The third-order valence-corrected chi connectivity index (χ3v) is 2.95. The average Bonchev–Trinajstić information content (AvgIpc) is 2.35. The Balaban J connectivity index is 2.65. The van der Waals surface area contributed by atoms with E-state index in [1.807, 2.05) is 0 Å². The van der Waals surface area contributed by atoms with Gasteiger partial charge in [0.1, 0.15) is 0 Å². The van der Waals surface area contributed by atoms with Gasteiger partial charge in [-0.2, -0.15) is 13.2 Å². The van der Waals surface area contributed by atoms with Crippen molar-refractivity contribution in [3.05, 3.63) is 34.9 Å². The summed E-state index contributed by atoms with van der Waals surface area (Å²) in [5.74, 6) is 0. The molecule has 0 heterocycles. The fourth-order valence-corrected chi connectivity index (χ4v) is 1.87. The Labute approximate surface area is 120 Å². The standard InChI is InChI=1S/C13H17ClF3NO2/c1-20-7-6-18(9-13(15,16)17)8-12(19)10-2-4-11(14)5-3-10/h2-5,12,19H,6-9H2,1H3. The van der Waals surface area contributed by atoms with Crippen LogP contribution in [0.25, 0.3) is 0 Å². The molecule has 0 saturated carbocycles. The maximum Gasteiger partial charge on any atom is 0.401 e. The first-order valence-electron chi connectivity index (χ1n) is 6.03. The number of hydrogen-bond donors (Lipinski definition) is 1. The summed E-state index contributed by atoms with van der Waals surface area (Å²) < 4.78 is 42.2. The lowest BCUT2D eigenvalue weighted by atomic mass is 10.1. The van der Waals surface area contributed by atoms with Gasteiger partial charge in [0.25, 0.3) is 0 Å². The van der Waals surface area contributed by atoms with E-state index in [2.05, 4.69) is 0 Å². The van der Waals surface area contributed by atoms with Crippen LogP contribution in [-0.4, -0.2) is 49.5 Å². The van der Waals surface area contributed by atoms with Crippen LogP contribution in [0.3, 0.4) is 0 Å². The van der Waals surface area contributed by atoms with Crippen molar-refractivity contribution in [1.29, 1.82) is 0 Å². The lowest BCUT2D eigenvalue weighted by Crippen LogP contribution is -2.39. The molecule has 0 amide bonds. The van der Waals surface area contributed by atoms with Gasteiger partial charge in [0, 0.05) is 25.2 Å². The van der Waals surface area contributed by atoms with E-state index >= 15 is 0 Å². The molecule has 0 aliphatic rings. The number of rotatable bonds is 7. The molecule has 1 aromatic carbocycles. The van der Waals surface area contributed by atoms with Crippen molar-refractivity contribution in [3.8, 4) is 0 Å². The highest BCUT2D eigenvalue weighted by atomic mass is 35.5. The summed E-state index contributed by atoms with van der Waals surface area (Å²) in [4.78, 5) is 1.11. The monoisotopic (exact) mass is 311 g/mol. The van der Waals surface area contributed by atoms with Crippen LogP contribution >= 0.6 is 11.6 Å². The Morgan fingerprint density at radius 3 is 2.40 bits per heavy atom. The van der Waals surface area contributed by atoms with Gasteiger partial charge in [-0.05, 0) is 17.7 Å². The van der Waals surface area contributed by atoms with E-state index in [-0.39, 0.29) is 19.7 Å². The molecule has 0 aromatic heterocycles. The number of nitrogens with zero attached hydrogens (tertiary/aromatic N) is 1. The number of aliphatic hydroxyl groups excluding tert-OH is 1. The third-order valence-electron chi connectivity index (χ3n) is 2.70. The molecule has 0 radical (unpaired) electrons.